The van der Waals surface area contributed by atoms with Crippen LogP contribution in [0.1, 0.15) is 32.8 Å². The minimum atomic E-state index is -4.37. The predicted octanol–water partition coefficient (Wildman–Crippen LogP) is -1.35. The fourth-order valence-corrected chi connectivity index (χ4v) is 2.40. The van der Waals surface area contributed by atoms with Gasteiger partial charge in [0.25, 0.3) is 0 Å². The van der Waals surface area contributed by atoms with Gasteiger partial charge in [0.15, 0.2) is 0 Å². The SMILES string of the molecule is CC(C)C(O)[C-]=O.CCCc1c[c-]ccc1[S-](=O)=O.FC(F)(F)Nc1c[c-]ccc1.[K+].[K+]. The number of rotatable bonds is 6. The van der Waals surface area contributed by atoms with Gasteiger partial charge in [-0.3, -0.25) is 0 Å². The molecule has 5 nitrogen and oxygen atoms in total. The molecule has 0 aliphatic carbocycles. The summed E-state index contributed by atoms with van der Waals surface area (Å²) in [5.41, 5.74) is 0.855. The van der Waals surface area contributed by atoms with E-state index in [9.17, 15) is 26.4 Å². The number of nitrogens with one attached hydrogen (secondary N) is 1. The Morgan fingerprint density at radius 1 is 1.12 bits per heavy atom. The van der Waals surface area contributed by atoms with Crippen LogP contribution < -0.4 is 108 Å². The molecule has 0 heterocycles. The zero-order valence-corrected chi connectivity index (χ0v) is 25.9. The van der Waals surface area contributed by atoms with Crippen LogP contribution in [0, 0.1) is 18.1 Å². The molecular weight excluding hydrogens is 497 g/mol. The number of benzene rings is 2. The van der Waals surface area contributed by atoms with Crippen molar-refractivity contribution in [2.45, 2.75) is 50.9 Å². The maximum Gasteiger partial charge on any atom is 1.00 e. The molecule has 0 saturated heterocycles. The van der Waals surface area contributed by atoms with Crippen molar-refractivity contribution in [2.75, 3.05) is 5.32 Å². The van der Waals surface area contributed by atoms with Gasteiger partial charge in [0.2, 0.25) is 0 Å². The molecule has 168 valence electrons. The molecule has 2 rings (SSSR count). The summed E-state index contributed by atoms with van der Waals surface area (Å²) in [4.78, 5) is 9.97. The maximum atomic E-state index is 11.6. The van der Waals surface area contributed by atoms with Gasteiger partial charge in [-0.1, -0.05) is 50.0 Å². The summed E-state index contributed by atoms with van der Waals surface area (Å²) in [6.07, 6.45) is -2.06. The number of hydrogen-bond donors (Lipinski definition) is 2. The molecule has 1 atom stereocenters. The van der Waals surface area contributed by atoms with Gasteiger partial charge in [-0.15, -0.1) is 6.07 Å². The van der Waals surface area contributed by atoms with Gasteiger partial charge in [-0.05, 0) is 12.0 Å². The molecule has 0 aromatic heterocycles. The van der Waals surface area contributed by atoms with E-state index in [4.69, 9.17) is 5.11 Å². The largest absolute Gasteiger partial charge is 1.00 e. The summed E-state index contributed by atoms with van der Waals surface area (Å²) in [6, 6.07) is 15.9. The molecular formula is C21H24F3K2NO4S-2. The number of aliphatic hydroxyl groups excluding tert-OH is 1. The van der Waals surface area contributed by atoms with E-state index in [1.165, 1.54) is 35.9 Å². The number of carbonyl (C=O) groups excluding carboxylic acids is 1. The van der Waals surface area contributed by atoms with Gasteiger partial charge in [0, 0.05) is 0 Å². The predicted molar refractivity (Wildman–Crippen MR) is 108 cm³/mol. The third kappa shape index (κ3) is 19.2. The summed E-state index contributed by atoms with van der Waals surface area (Å²) in [6.45, 7) is 5.54. The molecule has 0 bridgehead atoms. The van der Waals surface area contributed by atoms with Crippen LogP contribution >= 0.6 is 0 Å². The number of alkyl halides is 3. The first-order valence-corrected chi connectivity index (χ1v) is 10.0. The Morgan fingerprint density at radius 3 is 2.09 bits per heavy atom. The molecule has 32 heavy (non-hydrogen) atoms. The standard InChI is InChI=1S/C9H10O2S.C7H5F3N.C5H9O2.2K/c1-2-5-8-6-3-4-7-9(8)12(10)11;8-7(9,10)11-6-4-2-1-3-5-6;1-4(2)5(7)3-6;;/h4,6-7H,2,5H2,1H3;1-2,4-5,11H;4-5,7H,1-2H3;;/q-2;2*-1;2*+1. The molecule has 2 aromatic rings. The molecule has 0 aliphatic rings. The quantitative estimate of drug-likeness (QED) is 0.213. The summed E-state index contributed by atoms with van der Waals surface area (Å²) in [5, 5.41) is 9.86. The number of aryl methyl sites for hydroxylation is 1. The zero-order valence-electron chi connectivity index (χ0n) is 18.8. The average Bonchev–Trinajstić information content (AvgIpc) is 2.68. The Bertz CT molecular complexity index is 812. The van der Waals surface area contributed by atoms with Crippen LogP contribution in [0.15, 0.2) is 47.4 Å². The van der Waals surface area contributed by atoms with Crippen LogP contribution in [0.2, 0.25) is 0 Å². The summed E-state index contributed by atoms with van der Waals surface area (Å²) in [5.74, 6) is -0.00231. The van der Waals surface area contributed by atoms with Crippen LogP contribution in [-0.4, -0.2) is 23.8 Å². The molecule has 1 unspecified atom stereocenters. The van der Waals surface area contributed by atoms with E-state index < -0.39 is 23.1 Å². The van der Waals surface area contributed by atoms with Gasteiger partial charge in [-0.2, -0.15) is 72.2 Å². The number of anilines is 1. The van der Waals surface area contributed by atoms with E-state index in [-0.39, 0.29) is 114 Å². The Hall–Kier alpha value is 0.883. The van der Waals surface area contributed by atoms with Crippen molar-refractivity contribution in [3.63, 3.8) is 0 Å². The smallest absolute Gasteiger partial charge is 0.539 e. The summed E-state index contributed by atoms with van der Waals surface area (Å²) in [7, 11) is -2.11. The van der Waals surface area contributed by atoms with Gasteiger partial charge in [0.1, 0.15) is 0 Å². The third-order valence-corrected chi connectivity index (χ3v) is 4.11. The zero-order chi connectivity index (χ0) is 23.2. The minimum absolute atomic E-state index is 0. The first-order chi connectivity index (χ1) is 14.0. The number of aliphatic hydroxyl groups is 1. The topological polar surface area (TPSA) is 83.5 Å². The molecule has 2 N–H and O–H groups in total. The Morgan fingerprint density at radius 2 is 1.72 bits per heavy atom. The molecule has 0 spiro atoms. The van der Waals surface area contributed by atoms with Crippen LogP contribution in [0.5, 0.6) is 0 Å². The van der Waals surface area contributed by atoms with E-state index in [1.54, 1.807) is 32.0 Å². The molecule has 0 saturated carbocycles. The third-order valence-electron chi connectivity index (χ3n) is 3.35. The monoisotopic (exact) mass is 521 g/mol. The van der Waals surface area contributed by atoms with Crippen molar-refractivity contribution >= 4 is 22.7 Å². The van der Waals surface area contributed by atoms with Crippen molar-refractivity contribution in [2.24, 2.45) is 5.92 Å². The van der Waals surface area contributed by atoms with Crippen molar-refractivity contribution in [3.05, 3.63) is 60.2 Å². The molecule has 0 aliphatic heterocycles. The van der Waals surface area contributed by atoms with E-state index >= 15 is 0 Å². The van der Waals surface area contributed by atoms with Crippen LogP contribution in [-0.2, 0) is 30.3 Å². The van der Waals surface area contributed by atoms with Crippen LogP contribution in [0.25, 0.3) is 0 Å². The van der Waals surface area contributed by atoms with E-state index in [0.717, 1.165) is 18.4 Å². The van der Waals surface area contributed by atoms with Crippen molar-refractivity contribution in [1.82, 2.24) is 0 Å². The molecule has 0 radical (unpaired) electrons. The second-order valence-electron chi connectivity index (χ2n) is 6.24. The van der Waals surface area contributed by atoms with Crippen molar-refractivity contribution in [1.29, 1.82) is 0 Å². The van der Waals surface area contributed by atoms with Gasteiger partial charge in [-0.25, -0.2) is 6.29 Å². The molecule has 0 amide bonds. The van der Waals surface area contributed by atoms with Crippen LogP contribution in [0.4, 0.5) is 18.9 Å². The Balaban J connectivity index is -0.000000396. The molecule has 11 heteroatoms. The summed E-state index contributed by atoms with van der Waals surface area (Å²) < 4.78 is 56.2. The number of hydrogen-bond acceptors (Lipinski definition) is 6. The first-order valence-electron chi connectivity index (χ1n) is 8.96. The second-order valence-corrected chi connectivity index (χ2v) is 7.15. The normalized spacial score (nSPS) is 10.9. The number of halogens is 3. The first kappa shape index (κ1) is 37.4. The average molecular weight is 522 g/mol. The Kier molecular flexibility index (Phi) is 24.8. The summed E-state index contributed by atoms with van der Waals surface area (Å²) >= 11 is 0. The minimum Gasteiger partial charge on any atom is -0.539 e. The van der Waals surface area contributed by atoms with Gasteiger partial charge in [0.05, 0.1) is 0 Å². The van der Waals surface area contributed by atoms with Crippen LogP contribution in [0.3, 0.4) is 0 Å². The Labute approximate surface area is 274 Å². The van der Waals surface area contributed by atoms with Crippen molar-refractivity contribution in [3.8, 4) is 0 Å². The van der Waals surface area contributed by atoms with Crippen molar-refractivity contribution < 1.29 is 134 Å². The second kappa shape index (κ2) is 21.2. The molecule has 2 aromatic carbocycles. The maximum absolute atomic E-state index is 11.6. The van der Waals surface area contributed by atoms with E-state index in [0.29, 0.717) is 4.90 Å². The van der Waals surface area contributed by atoms with Gasteiger partial charge >= 0.3 is 109 Å². The van der Waals surface area contributed by atoms with E-state index in [2.05, 4.69) is 12.1 Å². The fourth-order valence-electron chi connectivity index (χ4n) is 1.85. The van der Waals surface area contributed by atoms with E-state index in [1.807, 2.05) is 6.92 Å². The molecule has 0 fully saturated rings. The fraction of sp³-hybridized carbons (Fsp3) is 0.381. The van der Waals surface area contributed by atoms with Gasteiger partial charge < -0.3 is 23.6 Å².